The number of amides is 6. The van der Waals surface area contributed by atoms with Crippen molar-refractivity contribution in [2.75, 3.05) is 32.2 Å². The Balaban J connectivity index is 0.856. The van der Waals surface area contributed by atoms with Gasteiger partial charge in [0.15, 0.2) is 0 Å². The number of imidazole rings is 1. The highest BCUT2D eigenvalue weighted by Gasteiger charge is 2.39. The van der Waals surface area contributed by atoms with E-state index >= 15 is 4.39 Å². The van der Waals surface area contributed by atoms with Crippen molar-refractivity contribution in [2.24, 2.45) is 7.05 Å². The van der Waals surface area contributed by atoms with Crippen LogP contribution in [0, 0.1) is 5.82 Å². The number of carbonyl (C=O) groups excluding carboxylic acids is 6. The van der Waals surface area contributed by atoms with E-state index < -0.39 is 35.7 Å². The number of ether oxygens (including phenoxy) is 2. The zero-order chi connectivity index (χ0) is 49.8. The lowest BCUT2D eigenvalue weighted by atomic mass is 9.96. The SMILES string of the molecule is COC(=O)N[C@@H]1CC[C@@H](n2c(=O)n(C)c3cnc4[nH]c(-c5ccc(C(=O)NCCOCC(=O)Nc6ccc7c(c6)C(=O)N(C6CCC(=O)NC6=O)C7)c(F)c5)c(-c5ccc6c(cnn6C(C)C)c5)c4c32)C1. The number of aryl methyl sites for hydroxylation is 1. The Morgan fingerprint density at radius 1 is 0.958 bits per heavy atom. The van der Waals surface area contributed by atoms with Gasteiger partial charge in [0, 0.05) is 72.4 Å². The van der Waals surface area contributed by atoms with Gasteiger partial charge in [0.25, 0.3) is 11.8 Å². The summed E-state index contributed by atoms with van der Waals surface area (Å²) in [5.41, 5.74) is 5.87. The van der Waals surface area contributed by atoms with Crippen molar-refractivity contribution in [1.82, 2.24) is 49.7 Å². The third-order valence-electron chi connectivity index (χ3n) is 13.6. The first-order chi connectivity index (χ1) is 34.2. The number of anilines is 1. The molecule has 3 aliphatic rings. The Morgan fingerprint density at radius 2 is 1.77 bits per heavy atom. The summed E-state index contributed by atoms with van der Waals surface area (Å²) in [7, 11) is 3.00. The lowest BCUT2D eigenvalue weighted by Gasteiger charge is -2.29. The van der Waals surface area contributed by atoms with Crippen LogP contribution in [0.4, 0.5) is 14.9 Å². The third kappa shape index (κ3) is 8.55. The highest BCUT2D eigenvalue weighted by molar-refractivity contribution is 6.15. The minimum Gasteiger partial charge on any atom is -0.453 e. The molecular weight excluding hydrogens is 918 g/mol. The molecule has 6 heterocycles. The number of nitrogens with zero attached hydrogens (tertiary/aromatic N) is 6. The zero-order valence-electron chi connectivity index (χ0n) is 39.3. The molecule has 0 spiro atoms. The molecule has 4 aromatic heterocycles. The first-order valence-corrected chi connectivity index (χ1v) is 23.4. The summed E-state index contributed by atoms with van der Waals surface area (Å²) in [6.45, 7) is 3.81. The number of methoxy groups -OCH3 is 1. The maximum absolute atomic E-state index is 16.2. The van der Waals surface area contributed by atoms with E-state index in [0.717, 1.165) is 16.5 Å². The van der Waals surface area contributed by atoms with Gasteiger partial charge in [0.1, 0.15) is 24.1 Å². The Labute approximate surface area is 403 Å². The van der Waals surface area contributed by atoms with Gasteiger partial charge in [-0.25, -0.2) is 19.0 Å². The fourth-order valence-corrected chi connectivity index (χ4v) is 10.2. The number of pyridine rings is 1. The van der Waals surface area contributed by atoms with Crippen molar-refractivity contribution in [2.45, 2.75) is 76.7 Å². The molecule has 0 bridgehead atoms. The van der Waals surface area contributed by atoms with Crippen LogP contribution in [0.15, 0.2) is 71.8 Å². The number of piperidine rings is 1. The summed E-state index contributed by atoms with van der Waals surface area (Å²) in [6, 6.07) is 14.0. The monoisotopic (exact) mass is 967 g/mol. The molecular formula is C50H50FN11O9. The number of aromatic nitrogens is 6. The Kier molecular flexibility index (Phi) is 12.2. The van der Waals surface area contributed by atoms with E-state index in [4.69, 9.17) is 14.5 Å². The van der Waals surface area contributed by atoms with Crippen molar-refractivity contribution in [3.8, 4) is 22.4 Å². The number of halogens is 1. The van der Waals surface area contributed by atoms with Crippen LogP contribution >= 0.6 is 0 Å². The topological polar surface area (TPSA) is 246 Å². The van der Waals surface area contributed by atoms with E-state index in [2.05, 4.69) is 31.3 Å². The second-order valence-electron chi connectivity index (χ2n) is 18.4. The Morgan fingerprint density at radius 3 is 2.55 bits per heavy atom. The van der Waals surface area contributed by atoms with Crippen LogP contribution in [0.2, 0.25) is 0 Å². The lowest BCUT2D eigenvalue weighted by Crippen LogP contribution is -2.52. The summed E-state index contributed by atoms with van der Waals surface area (Å²) < 4.78 is 31.8. The van der Waals surface area contributed by atoms with E-state index in [9.17, 15) is 33.6 Å². The highest BCUT2D eigenvalue weighted by Crippen LogP contribution is 2.44. The second-order valence-corrected chi connectivity index (χ2v) is 18.4. The largest absolute Gasteiger partial charge is 0.453 e. The minimum atomic E-state index is -0.795. The Bertz CT molecular complexity index is 3430. The van der Waals surface area contributed by atoms with Gasteiger partial charge in [0.2, 0.25) is 17.7 Å². The maximum atomic E-state index is 16.2. The van der Waals surface area contributed by atoms with Gasteiger partial charge in [-0.3, -0.25) is 43.1 Å². The number of benzene rings is 3. The number of H-pyrrole nitrogens is 1. The smallest absolute Gasteiger partial charge is 0.407 e. The molecule has 7 aromatic rings. The summed E-state index contributed by atoms with van der Waals surface area (Å²) in [4.78, 5) is 99.2. The minimum absolute atomic E-state index is 0.0419. The molecule has 6 amide bonds. The third-order valence-corrected chi connectivity index (χ3v) is 13.6. The van der Waals surface area contributed by atoms with Crippen molar-refractivity contribution >= 4 is 74.3 Å². The summed E-state index contributed by atoms with van der Waals surface area (Å²) in [5, 5.41) is 16.6. The fourth-order valence-electron chi connectivity index (χ4n) is 10.2. The second kappa shape index (κ2) is 18.6. The first-order valence-electron chi connectivity index (χ1n) is 23.4. The summed E-state index contributed by atoms with van der Waals surface area (Å²) in [5.74, 6) is -3.27. The molecule has 1 unspecified atom stereocenters. The van der Waals surface area contributed by atoms with Crippen LogP contribution in [0.25, 0.3) is 55.4 Å². The molecule has 3 aromatic carbocycles. The van der Waals surface area contributed by atoms with Gasteiger partial charge in [-0.15, -0.1) is 0 Å². The van der Waals surface area contributed by atoms with Gasteiger partial charge in [0.05, 0.1) is 59.3 Å². The van der Waals surface area contributed by atoms with Crippen LogP contribution in [0.5, 0.6) is 0 Å². The van der Waals surface area contributed by atoms with Crippen molar-refractivity contribution in [3.05, 3.63) is 100.0 Å². The summed E-state index contributed by atoms with van der Waals surface area (Å²) >= 11 is 0. The van der Waals surface area contributed by atoms with Gasteiger partial charge >= 0.3 is 11.8 Å². The molecule has 5 N–H and O–H groups in total. The van der Waals surface area contributed by atoms with E-state index in [1.165, 1.54) is 30.2 Å². The fraction of sp³-hybridized carbons (Fsp3) is 0.340. The van der Waals surface area contributed by atoms with Crippen molar-refractivity contribution in [1.29, 1.82) is 0 Å². The number of alkyl carbamates (subject to hydrolysis) is 1. The van der Waals surface area contributed by atoms with Gasteiger partial charge in [-0.2, -0.15) is 5.10 Å². The number of rotatable bonds is 13. The predicted molar refractivity (Wildman–Crippen MR) is 258 cm³/mol. The van der Waals surface area contributed by atoms with E-state index in [0.29, 0.717) is 75.0 Å². The molecule has 366 valence electrons. The van der Waals surface area contributed by atoms with Gasteiger partial charge in [-0.1, -0.05) is 18.2 Å². The van der Waals surface area contributed by atoms with Gasteiger partial charge in [-0.05, 0) is 87.1 Å². The number of aromatic amines is 1. The number of carbonyl (C=O) groups is 6. The number of hydrogen-bond donors (Lipinski definition) is 5. The molecule has 1 aliphatic carbocycles. The molecule has 21 heteroatoms. The molecule has 2 aliphatic heterocycles. The predicted octanol–water partition coefficient (Wildman–Crippen LogP) is 5.22. The van der Waals surface area contributed by atoms with E-state index in [1.54, 1.807) is 46.8 Å². The molecule has 1 saturated carbocycles. The lowest BCUT2D eigenvalue weighted by molar-refractivity contribution is -0.137. The average molecular weight is 968 g/mol. The average Bonchev–Trinajstić information content (AvgIpc) is 4.18. The Hall–Kier alpha value is -8.20. The first kappa shape index (κ1) is 46.5. The maximum Gasteiger partial charge on any atom is 0.407 e. The molecule has 20 nitrogen and oxygen atoms in total. The van der Waals surface area contributed by atoms with Crippen LogP contribution in [0.3, 0.4) is 0 Å². The molecule has 1 saturated heterocycles. The van der Waals surface area contributed by atoms with Crippen molar-refractivity contribution in [3.63, 3.8) is 0 Å². The van der Waals surface area contributed by atoms with Crippen LogP contribution < -0.4 is 27.0 Å². The molecule has 0 radical (unpaired) electrons. The molecule has 10 rings (SSSR count). The van der Waals surface area contributed by atoms with E-state index in [-0.39, 0.29) is 80.3 Å². The molecule has 3 atom stereocenters. The number of fused-ring (bicyclic) bond motifs is 5. The van der Waals surface area contributed by atoms with Crippen LogP contribution in [0.1, 0.15) is 84.3 Å². The number of hydrogen-bond acceptors (Lipinski definition) is 11. The highest BCUT2D eigenvalue weighted by atomic mass is 19.1. The standard InChI is InChI=1S/C50H50FN11O9/c1-25(2)62-36-12-7-26(17-29(36)21-54-62)41-42-44-38(59(3)50(69)61(44)32-10-9-30(19-32)56-49(68)70-4)22-53-45(42)58-43(41)27-6-11-33(35(51)18-27)46(65)52-15-16-71-24-40(64)55-31-8-5-28-23-60(48(67)34(28)20-31)37-13-14-39(63)57-47(37)66/h5-8,11-12,17-18,20-22,25,30,32,37H,9-10,13-16,19,23-24H2,1-4H3,(H,52,65)(H,53,58)(H,55,64)(H,56,68)(H,57,63,66)/t30-,32-,37?/m1/s1. The molecule has 71 heavy (non-hydrogen) atoms. The van der Waals surface area contributed by atoms with Gasteiger partial charge < -0.3 is 35.3 Å². The summed E-state index contributed by atoms with van der Waals surface area (Å²) in [6.07, 6.45) is 5.02. The molecule has 2 fully saturated rings. The quantitative estimate of drug-likeness (QED) is 0.0741. The van der Waals surface area contributed by atoms with Crippen LogP contribution in [-0.2, 0) is 37.4 Å². The normalized spacial score (nSPS) is 17.9. The van der Waals surface area contributed by atoms with Crippen molar-refractivity contribution < 1.29 is 42.6 Å². The van der Waals surface area contributed by atoms with Crippen LogP contribution in [-0.4, -0.2) is 108 Å². The number of imide groups is 1. The number of nitrogens with one attached hydrogen (secondary N) is 5. The zero-order valence-corrected chi connectivity index (χ0v) is 39.3. The van der Waals surface area contributed by atoms with E-state index in [1.807, 2.05) is 36.7 Å².